The quantitative estimate of drug-likeness (QED) is 0.0995. The van der Waals surface area contributed by atoms with E-state index in [0.29, 0.717) is 0 Å². The van der Waals surface area contributed by atoms with Gasteiger partial charge in [0.05, 0.1) is 5.41 Å². The Kier molecular flexibility index (Phi) is 11.2. The number of rotatable bonds is 10. The Labute approximate surface area is 446 Å². The number of fused-ring (bicyclic) bond motifs is 4. The van der Waals surface area contributed by atoms with E-state index in [1.54, 1.807) is 0 Å². The summed E-state index contributed by atoms with van der Waals surface area (Å²) in [6.07, 6.45) is 0. The summed E-state index contributed by atoms with van der Waals surface area (Å²) in [4.78, 5) is 5.08. The lowest BCUT2D eigenvalue weighted by Gasteiger charge is -2.45. The Morgan fingerprint density at radius 1 is 0.224 bits per heavy atom. The van der Waals surface area contributed by atoms with Gasteiger partial charge in [-0.2, -0.15) is 0 Å². The van der Waals surface area contributed by atoms with Crippen LogP contribution in [0.5, 0.6) is 0 Å². The Hall–Kier alpha value is -9.70. The number of nitrogens with zero attached hydrogens (tertiary/aromatic N) is 2. The van der Waals surface area contributed by atoms with Crippen LogP contribution < -0.4 is 26.2 Å². The van der Waals surface area contributed by atoms with E-state index in [1.807, 2.05) is 0 Å². The minimum atomic E-state index is -0.582. The van der Waals surface area contributed by atoms with Crippen LogP contribution >= 0.6 is 0 Å². The molecule has 0 aliphatic carbocycles. The molecule has 76 heavy (non-hydrogen) atoms. The lowest BCUT2D eigenvalue weighted by molar-refractivity contribution is 0.745. The Morgan fingerprint density at radius 2 is 0.513 bits per heavy atom. The van der Waals surface area contributed by atoms with Gasteiger partial charge in [0.1, 0.15) is 0 Å². The van der Waals surface area contributed by atoms with Gasteiger partial charge < -0.3 is 9.80 Å². The highest BCUT2D eigenvalue weighted by Gasteiger charge is 2.45. The summed E-state index contributed by atoms with van der Waals surface area (Å²) in [5.74, 6) is 0. The standard InChI is InChI=1S/C73H51BN2/c1-8-22-52(23-9-1)56-36-42-64(43-37-56)75-68-46-38-57(53-24-10-2-11-25-53)48-66(68)74-67-49-58(54-26-12-3-13-27-54)39-47-69(67)76(71-51-59(50-70(75)72(71)74)55-28-14-4-15-29-55)65-44-40-63(41-45-65)73(60-30-16-5-17-31-60,61-32-18-6-19-33-61)62-34-20-7-21-35-62/h1-51H. The zero-order chi connectivity index (χ0) is 50.4. The van der Waals surface area contributed by atoms with Crippen molar-refractivity contribution < 1.29 is 0 Å². The molecule has 0 saturated carbocycles. The molecule has 0 radical (unpaired) electrons. The number of hydrogen-bond donors (Lipinski definition) is 0. The lowest BCUT2D eigenvalue weighted by atomic mass is 9.33. The molecule has 2 aliphatic rings. The normalized spacial score (nSPS) is 12.4. The summed E-state index contributed by atoms with van der Waals surface area (Å²) in [6.45, 7) is -0.0931. The molecule has 2 nitrogen and oxygen atoms in total. The van der Waals surface area contributed by atoms with Crippen molar-refractivity contribution in [2.45, 2.75) is 5.41 Å². The SMILES string of the molecule is c1ccc(-c2ccc(N3c4ccc(-c5ccccc5)cc4B4c5cc(-c6ccccc6)ccc5N(c5ccc(C(c6ccccc6)(c6ccccc6)c6ccccc6)cc5)c5cc(-c6ccccc6)cc3c54)cc2)cc1. The molecule has 0 bridgehead atoms. The average molecular weight is 967 g/mol. The van der Waals surface area contributed by atoms with E-state index in [1.165, 1.54) is 94.6 Å². The van der Waals surface area contributed by atoms with Crippen molar-refractivity contribution in [3.8, 4) is 44.5 Å². The molecular formula is C73H51BN2. The molecule has 12 aromatic carbocycles. The third-order valence-electron chi connectivity index (χ3n) is 15.8. The van der Waals surface area contributed by atoms with Crippen LogP contribution in [0.15, 0.2) is 309 Å². The molecule has 0 amide bonds. The molecule has 12 aromatic rings. The Morgan fingerprint density at radius 3 is 0.895 bits per heavy atom. The molecule has 0 aromatic heterocycles. The van der Waals surface area contributed by atoms with E-state index in [2.05, 4.69) is 319 Å². The van der Waals surface area contributed by atoms with E-state index >= 15 is 0 Å². The monoisotopic (exact) mass is 966 g/mol. The van der Waals surface area contributed by atoms with Gasteiger partial charge in [-0.15, -0.1) is 0 Å². The molecule has 356 valence electrons. The third kappa shape index (κ3) is 7.59. The maximum Gasteiger partial charge on any atom is 0.252 e. The van der Waals surface area contributed by atoms with E-state index < -0.39 is 5.41 Å². The maximum absolute atomic E-state index is 2.55. The van der Waals surface area contributed by atoms with Crippen LogP contribution in [-0.4, -0.2) is 6.71 Å². The molecule has 0 N–H and O–H groups in total. The zero-order valence-electron chi connectivity index (χ0n) is 41.9. The minimum absolute atomic E-state index is 0.0931. The van der Waals surface area contributed by atoms with E-state index in [0.717, 1.165) is 22.6 Å². The van der Waals surface area contributed by atoms with Gasteiger partial charge in [-0.25, -0.2) is 0 Å². The molecule has 0 atom stereocenters. The smallest absolute Gasteiger partial charge is 0.252 e. The van der Waals surface area contributed by atoms with Gasteiger partial charge >= 0.3 is 0 Å². The second-order valence-corrected chi connectivity index (χ2v) is 20.0. The Balaban J connectivity index is 1.04. The van der Waals surface area contributed by atoms with Gasteiger partial charge in [0.25, 0.3) is 6.71 Å². The summed E-state index contributed by atoms with van der Waals surface area (Å²) in [7, 11) is 0. The molecular weight excluding hydrogens is 916 g/mol. The fourth-order valence-corrected chi connectivity index (χ4v) is 12.3. The molecule has 0 fully saturated rings. The van der Waals surface area contributed by atoms with Gasteiger partial charge in [0.2, 0.25) is 0 Å². The van der Waals surface area contributed by atoms with Crippen LogP contribution in [0.2, 0.25) is 0 Å². The maximum atomic E-state index is 2.55. The van der Waals surface area contributed by atoms with Crippen LogP contribution in [0.4, 0.5) is 34.1 Å². The first-order valence-corrected chi connectivity index (χ1v) is 26.4. The van der Waals surface area contributed by atoms with Gasteiger partial charge in [0, 0.05) is 34.1 Å². The highest BCUT2D eigenvalue weighted by atomic mass is 15.2. The van der Waals surface area contributed by atoms with Gasteiger partial charge in [-0.05, 0) is 132 Å². The molecule has 14 rings (SSSR count). The van der Waals surface area contributed by atoms with Gasteiger partial charge in [0.15, 0.2) is 0 Å². The first kappa shape index (κ1) is 45.0. The first-order valence-electron chi connectivity index (χ1n) is 26.4. The van der Waals surface area contributed by atoms with E-state index in [4.69, 9.17) is 0 Å². The summed E-state index contributed by atoms with van der Waals surface area (Å²) < 4.78 is 0. The highest BCUT2D eigenvalue weighted by Crippen LogP contribution is 2.49. The average Bonchev–Trinajstić information content (AvgIpc) is 3.68. The van der Waals surface area contributed by atoms with Crippen LogP contribution in [0, 0.1) is 0 Å². The predicted octanol–water partition coefficient (Wildman–Crippen LogP) is 16.8. The van der Waals surface area contributed by atoms with Crippen LogP contribution in [-0.2, 0) is 5.41 Å². The summed E-state index contributed by atoms with van der Waals surface area (Å²) in [5.41, 5.74) is 24.4. The topological polar surface area (TPSA) is 6.48 Å². The fraction of sp³-hybridized carbons (Fsp3) is 0.0137. The number of hydrogen-bond acceptors (Lipinski definition) is 2. The van der Waals surface area contributed by atoms with E-state index in [-0.39, 0.29) is 6.71 Å². The van der Waals surface area contributed by atoms with Crippen molar-refractivity contribution in [2.75, 3.05) is 9.80 Å². The third-order valence-corrected chi connectivity index (χ3v) is 15.8. The zero-order valence-corrected chi connectivity index (χ0v) is 41.9. The first-order chi connectivity index (χ1) is 37.7. The molecule has 0 saturated heterocycles. The van der Waals surface area contributed by atoms with Crippen LogP contribution in [0.1, 0.15) is 22.3 Å². The fourth-order valence-electron chi connectivity index (χ4n) is 12.3. The highest BCUT2D eigenvalue weighted by molar-refractivity contribution is 7.00. The van der Waals surface area contributed by atoms with Gasteiger partial charge in [-0.3, -0.25) is 0 Å². The van der Waals surface area contributed by atoms with Crippen molar-refractivity contribution in [1.82, 2.24) is 0 Å². The second kappa shape index (κ2) is 19.0. The predicted molar refractivity (Wildman–Crippen MR) is 321 cm³/mol. The summed E-state index contributed by atoms with van der Waals surface area (Å²) >= 11 is 0. The second-order valence-electron chi connectivity index (χ2n) is 20.0. The summed E-state index contributed by atoms with van der Waals surface area (Å²) in [5, 5.41) is 0. The minimum Gasteiger partial charge on any atom is -0.311 e. The molecule has 2 heterocycles. The molecule has 0 spiro atoms. The largest absolute Gasteiger partial charge is 0.311 e. The molecule has 0 unspecified atom stereocenters. The Bertz CT molecular complexity index is 3900. The molecule has 3 heteroatoms. The van der Waals surface area contributed by atoms with Crippen LogP contribution in [0.25, 0.3) is 44.5 Å². The van der Waals surface area contributed by atoms with E-state index in [9.17, 15) is 0 Å². The summed E-state index contributed by atoms with van der Waals surface area (Å²) in [6, 6.07) is 114. The lowest BCUT2D eigenvalue weighted by Crippen LogP contribution is -2.61. The van der Waals surface area contributed by atoms with Crippen molar-refractivity contribution in [1.29, 1.82) is 0 Å². The number of benzene rings is 12. The number of anilines is 6. The van der Waals surface area contributed by atoms with Crippen molar-refractivity contribution in [3.05, 3.63) is 332 Å². The van der Waals surface area contributed by atoms with Gasteiger partial charge in [-0.1, -0.05) is 261 Å². The van der Waals surface area contributed by atoms with Crippen molar-refractivity contribution in [3.63, 3.8) is 0 Å². The van der Waals surface area contributed by atoms with Crippen LogP contribution in [0.3, 0.4) is 0 Å². The van der Waals surface area contributed by atoms with Crippen molar-refractivity contribution in [2.24, 2.45) is 0 Å². The molecule has 2 aliphatic heterocycles. The van der Waals surface area contributed by atoms with Crippen molar-refractivity contribution >= 4 is 57.2 Å².